The predicted molar refractivity (Wildman–Crippen MR) is 129 cm³/mol. The van der Waals surface area contributed by atoms with Crippen LogP contribution < -0.4 is 20.3 Å². The van der Waals surface area contributed by atoms with Gasteiger partial charge in [-0.05, 0) is 70.4 Å². The summed E-state index contributed by atoms with van der Waals surface area (Å²) in [5.74, 6) is 0.307. The average Bonchev–Trinajstić information content (AvgIpc) is 2.81. The van der Waals surface area contributed by atoms with E-state index >= 15 is 0 Å². The molecule has 1 unspecified atom stereocenters. The molecule has 0 aliphatic carbocycles. The summed E-state index contributed by atoms with van der Waals surface area (Å²) in [4.78, 5) is 15.1. The van der Waals surface area contributed by atoms with Crippen LogP contribution in [0.5, 0.6) is 5.75 Å². The largest absolute Gasteiger partial charge is 0.494 e. The lowest BCUT2D eigenvalue weighted by Gasteiger charge is -2.28. The van der Waals surface area contributed by atoms with Crippen molar-refractivity contribution in [3.8, 4) is 11.8 Å². The molecule has 0 bridgehead atoms. The molecule has 6 heteroatoms. The zero-order valence-corrected chi connectivity index (χ0v) is 19.1. The highest BCUT2D eigenvalue weighted by Crippen LogP contribution is 2.27. The highest BCUT2D eigenvalue weighted by molar-refractivity contribution is 5.97. The van der Waals surface area contributed by atoms with Crippen molar-refractivity contribution in [2.24, 2.45) is 0 Å². The summed E-state index contributed by atoms with van der Waals surface area (Å²) in [5, 5.41) is 15.5. The fourth-order valence-electron chi connectivity index (χ4n) is 3.87. The van der Waals surface area contributed by atoms with Crippen LogP contribution in [0.4, 0.5) is 11.4 Å². The summed E-state index contributed by atoms with van der Waals surface area (Å²) >= 11 is 0. The number of nitrogens with one attached hydrogen (secondary N) is 2. The first-order valence-electron chi connectivity index (χ1n) is 11.3. The number of carbonyl (C=O) groups excluding carboxylic acids is 1. The highest BCUT2D eigenvalue weighted by atomic mass is 16.5. The van der Waals surface area contributed by atoms with E-state index in [1.807, 2.05) is 57.2 Å². The van der Waals surface area contributed by atoms with E-state index in [2.05, 4.69) is 27.7 Å². The van der Waals surface area contributed by atoms with Crippen LogP contribution in [0.3, 0.4) is 0 Å². The van der Waals surface area contributed by atoms with Gasteiger partial charge in [-0.3, -0.25) is 4.79 Å². The topological polar surface area (TPSA) is 77.4 Å². The Morgan fingerprint density at radius 3 is 2.56 bits per heavy atom. The van der Waals surface area contributed by atoms with Gasteiger partial charge in [0.15, 0.2) is 0 Å². The second kappa shape index (κ2) is 11.2. The van der Waals surface area contributed by atoms with Gasteiger partial charge in [-0.1, -0.05) is 17.7 Å². The van der Waals surface area contributed by atoms with E-state index < -0.39 is 5.91 Å². The van der Waals surface area contributed by atoms with E-state index in [-0.39, 0.29) is 11.6 Å². The number of rotatable bonds is 8. The minimum absolute atomic E-state index is 0.0163. The van der Waals surface area contributed by atoms with Crippen LogP contribution in [-0.4, -0.2) is 25.6 Å². The number of carbonyl (C=O) groups is 1. The molecule has 0 aromatic heterocycles. The van der Waals surface area contributed by atoms with E-state index in [1.165, 1.54) is 31.1 Å². The number of anilines is 2. The number of amides is 1. The molecule has 0 radical (unpaired) electrons. The fraction of sp³-hybridized carbons (Fsp3) is 0.385. The molecule has 2 N–H and O–H groups in total. The Kier molecular flexibility index (Phi) is 8.15. The summed E-state index contributed by atoms with van der Waals surface area (Å²) in [7, 11) is 0. The Morgan fingerprint density at radius 2 is 1.91 bits per heavy atom. The quantitative estimate of drug-likeness (QED) is 0.449. The predicted octanol–water partition coefficient (Wildman–Crippen LogP) is 5.08. The van der Waals surface area contributed by atoms with Crippen molar-refractivity contribution in [2.75, 3.05) is 29.9 Å². The van der Waals surface area contributed by atoms with Gasteiger partial charge in [0.25, 0.3) is 5.91 Å². The molecule has 0 spiro atoms. The Hall–Kier alpha value is -3.46. The maximum absolute atomic E-state index is 12.7. The maximum atomic E-state index is 12.7. The molecular weight excluding hydrogens is 400 g/mol. The normalized spacial score (nSPS) is 14.9. The Bertz CT molecular complexity index is 986. The van der Waals surface area contributed by atoms with Gasteiger partial charge in [0, 0.05) is 36.2 Å². The second-order valence-corrected chi connectivity index (χ2v) is 8.08. The zero-order chi connectivity index (χ0) is 22.9. The molecule has 168 valence electrons. The van der Waals surface area contributed by atoms with E-state index in [1.54, 1.807) is 0 Å². The molecule has 1 aliphatic rings. The monoisotopic (exact) mass is 432 g/mol. The lowest BCUT2D eigenvalue weighted by Crippen LogP contribution is -2.29. The van der Waals surface area contributed by atoms with Gasteiger partial charge in [-0.15, -0.1) is 0 Å². The van der Waals surface area contributed by atoms with Gasteiger partial charge in [0.05, 0.1) is 12.6 Å². The van der Waals surface area contributed by atoms with Crippen LogP contribution in [0, 0.1) is 18.3 Å². The van der Waals surface area contributed by atoms with Gasteiger partial charge in [-0.25, -0.2) is 0 Å². The first-order valence-corrected chi connectivity index (χ1v) is 11.3. The third kappa shape index (κ3) is 6.04. The van der Waals surface area contributed by atoms with Crippen molar-refractivity contribution in [2.45, 2.75) is 46.1 Å². The summed E-state index contributed by atoms with van der Waals surface area (Å²) in [6, 6.07) is 15.7. The summed E-state index contributed by atoms with van der Waals surface area (Å²) in [5.41, 5.74) is 4.02. The Morgan fingerprint density at radius 1 is 1.19 bits per heavy atom. The summed E-state index contributed by atoms with van der Waals surface area (Å²) in [6.07, 6.45) is 5.22. The molecule has 32 heavy (non-hydrogen) atoms. The molecule has 2 aromatic carbocycles. The third-order valence-corrected chi connectivity index (χ3v) is 5.62. The number of benzene rings is 2. The number of ether oxygens (including phenoxy) is 1. The van der Waals surface area contributed by atoms with E-state index in [4.69, 9.17) is 4.74 Å². The first kappa shape index (κ1) is 23.2. The molecule has 1 amide bonds. The number of aryl methyl sites for hydroxylation is 1. The molecule has 1 heterocycles. The second-order valence-electron chi connectivity index (χ2n) is 8.08. The fourth-order valence-corrected chi connectivity index (χ4v) is 3.87. The first-order chi connectivity index (χ1) is 15.5. The van der Waals surface area contributed by atoms with Crippen molar-refractivity contribution in [1.82, 2.24) is 5.32 Å². The molecular formula is C26H32N4O2. The van der Waals surface area contributed by atoms with Crippen molar-refractivity contribution in [1.29, 1.82) is 5.26 Å². The van der Waals surface area contributed by atoms with Crippen LogP contribution in [0.25, 0.3) is 0 Å². The number of nitriles is 1. The van der Waals surface area contributed by atoms with Gasteiger partial charge in [0.2, 0.25) is 0 Å². The van der Waals surface area contributed by atoms with Crippen LogP contribution in [0.15, 0.2) is 54.2 Å². The van der Waals surface area contributed by atoms with Crippen LogP contribution >= 0.6 is 0 Å². The van der Waals surface area contributed by atoms with E-state index in [0.717, 1.165) is 35.7 Å². The molecule has 1 aliphatic heterocycles. The van der Waals surface area contributed by atoms with E-state index in [9.17, 15) is 10.1 Å². The van der Waals surface area contributed by atoms with Crippen molar-refractivity contribution < 1.29 is 9.53 Å². The zero-order valence-electron chi connectivity index (χ0n) is 19.1. The van der Waals surface area contributed by atoms with E-state index in [0.29, 0.717) is 6.61 Å². The van der Waals surface area contributed by atoms with Crippen LogP contribution in [0.2, 0.25) is 0 Å². The van der Waals surface area contributed by atoms with Gasteiger partial charge in [0.1, 0.15) is 17.4 Å². The number of piperidine rings is 1. The Labute approximate surface area is 190 Å². The van der Waals surface area contributed by atoms with Gasteiger partial charge in [-0.2, -0.15) is 5.26 Å². The molecule has 1 fully saturated rings. The molecule has 2 aromatic rings. The summed E-state index contributed by atoms with van der Waals surface area (Å²) < 4.78 is 5.69. The minimum atomic E-state index is -0.429. The van der Waals surface area contributed by atoms with Gasteiger partial charge < -0.3 is 20.3 Å². The smallest absolute Gasteiger partial charge is 0.263 e. The average molecular weight is 433 g/mol. The van der Waals surface area contributed by atoms with Crippen LogP contribution in [0.1, 0.15) is 50.3 Å². The maximum Gasteiger partial charge on any atom is 0.263 e. The molecule has 1 saturated heterocycles. The molecule has 6 nitrogen and oxygen atoms in total. The lowest BCUT2D eigenvalue weighted by molar-refractivity contribution is -0.117. The lowest BCUT2D eigenvalue weighted by atomic mass is 10.0. The minimum Gasteiger partial charge on any atom is -0.494 e. The number of hydrogen-bond acceptors (Lipinski definition) is 5. The van der Waals surface area contributed by atoms with Gasteiger partial charge >= 0.3 is 0 Å². The number of hydrogen-bond donors (Lipinski definition) is 2. The SMILES string of the molecule is CCOc1ccc(C)cc1C(C)NC(=O)/C(C#N)=C\Nc1ccc(N2CCCCC2)cc1. The van der Waals surface area contributed by atoms with Crippen molar-refractivity contribution >= 4 is 17.3 Å². The van der Waals surface area contributed by atoms with Crippen molar-refractivity contribution in [3.05, 3.63) is 65.4 Å². The molecule has 0 saturated carbocycles. The highest BCUT2D eigenvalue weighted by Gasteiger charge is 2.17. The molecule has 1 atom stereocenters. The standard InChI is InChI=1S/C26H32N4O2/c1-4-32-25-13-8-19(2)16-24(25)20(3)29-26(31)21(17-27)18-28-22-9-11-23(12-10-22)30-14-6-5-7-15-30/h8-13,16,18,20,28H,4-7,14-15H2,1-3H3,(H,29,31)/b21-18-. The summed E-state index contributed by atoms with van der Waals surface area (Å²) in [6.45, 7) is 8.53. The third-order valence-electron chi connectivity index (χ3n) is 5.62. The molecule has 3 rings (SSSR count). The number of nitrogens with zero attached hydrogens (tertiary/aromatic N) is 2. The Balaban J connectivity index is 1.64. The van der Waals surface area contributed by atoms with Crippen molar-refractivity contribution in [3.63, 3.8) is 0 Å². The van der Waals surface area contributed by atoms with Crippen LogP contribution in [-0.2, 0) is 4.79 Å².